The zero-order valence-electron chi connectivity index (χ0n) is 9.04. The largest absolute Gasteiger partial charge is 0.355 e. The molecule has 1 aromatic carbocycles. The second-order valence-corrected chi connectivity index (χ2v) is 4.17. The van der Waals surface area contributed by atoms with Crippen molar-refractivity contribution in [3.63, 3.8) is 0 Å². The van der Waals surface area contributed by atoms with Crippen LogP contribution in [0.2, 0.25) is 0 Å². The molecule has 1 aromatic rings. The van der Waals surface area contributed by atoms with Crippen molar-refractivity contribution >= 4 is 15.9 Å². The molecule has 0 spiro atoms. The fourth-order valence-corrected chi connectivity index (χ4v) is 1.53. The maximum Gasteiger partial charge on any atom is 0.147 e. The van der Waals surface area contributed by atoms with E-state index in [1.54, 1.807) is 0 Å². The molecule has 0 aliphatic rings. The van der Waals surface area contributed by atoms with E-state index in [0.29, 0.717) is 13.4 Å². The normalized spacial score (nSPS) is 10.5. The lowest BCUT2D eigenvalue weighted by Gasteiger charge is -2.06. The summed E-state index contributed by atoms with van der Waals surface area (Å²) in [5.41, 5.74) is 1.15. The zero-order valence-corrected chi connectivity index (χ0v) is 10.6. The van der Waals surface area contributed by atoms with Gasteiger partial charge in [0, 0.05) is 11.1 Å². The summed E-state index contributed by atoms with van der Waals surface area (Å²) in [7, 11) is 0. The van der Waals surface area contributed by atoms with E-state index in [1.807, 2.05) is 24.3 Å². The SMILES string of the molecule is CCCCOCOCc1ccccc1Br. The van der Waals surface area contributed by atoms with Crippen molar-refractivity contribution in [1.29, 1.82) is 0 Å². The van der Waals surface area contributed by atoms with Crippen molar-refractivity contribution in [3.05, 3.63) is 34.3 Å². The Morgan fingerprint density at radius 2 is 2.00 bits per heavy atom. The zero-order chi connectivity index (χ0) is 10.9. The van der Waals surface area contributed by atoms with Gasteiger partial charge < -0.3 is 9.47 Å². The highest BCUT2D eigenvalue weighted by molar-refractivity contribution is 9.10. The van der Waals surface area contributed by atoms with Crippen LogP contribution in [0.5, 0.6) is 0 Å². The maximum atomic E-state index is 5.39. The van der Waals surface area contributed by atoms with Crippen LogP contribution in [0.4, 0.5) is 0 Å². The molecule has 0 bridgehead atoms. The molecule has 2 nitrogen and oxygen atoms in total. The van der Waals surface area contributed by atoms with Crippen molar-refractivity contribution in [1.82, 2.24) is 0 Å². The molecule has 0 unspecified atom stereocenters. The summed E-state index contributed by atoms with van der Waals surface area (Å²) in [6.07, 6.45) is 2.25. The van der Waals surface area contributed by atoms with Crippen LogP contribution in [-0.4, -0.2) is 13.4 Å². The van der Waals surface area contributed by atoms with E-state index in [2.05, 4.69) is 22.9 Å². The molecule has 3 heteroatoms. The first kappa shape index (κ1) is 12.7. The van der Waals surface area contributed by atoms with E-state index in [4.69, 9.17) is 9.47 Å². The summed E-state index contributed by atoms with van der Waals surface area (Å²) < 4.78 is 11.8. The van der Waals surface area contributed by atoms with Gasteiger partial charge in [-0.25, -0.2) is 0 Å². The van der Waals surface area contributed by atoms with E-state index in [-0.39, 0.29) is 0 Å². The summed E-state index contributed by atoms with van der Waals surface area (Å²) >= 11 is 3.47. The van der Waals surface area contributed by atoms with Gasteiger partial charge in [-0.1, -0.05) is 47.5 Å². The number of rotatable bonds is 7. The summed E-state index contributed by atoms with van der Waals surface area (Å²) in [5.74, 6) is 0. The fraction of sp³-hybridized carbons (Fsp3) is 0.500. The van der Waals surface area contributed by atoms with Crippen LogP contribution in [0.25, 0.3) is 0 Å². The lowest BCUT2D eigenvalue weighted by molar-refractivity contribution is -0.0622. The molecule has 15 heavy (non-hydrogen) atoms. The Hall–Kier alpha value is -0.380. The molecule has 0 saturated carbocycles. The topological polar surface area (TPSA) is 18.5 Å². The van der Waals surface area contributed by atoms with Crippen LogP contribution in [0.3, 0.4) is 0 Å². The lowest BCUT2D eigenvalue weighted by Crippen LogP contribution is -2.01. The third-order valence-corrected chi connectivity index (χ3v) is 2.80. The van der Waals surface area contributed by atoms with Gasteiger partial charge in [0.2, 0.25) is 0 Å². The van der Waals surface area contributed by atoms with Gasteiger partial charge in [-0.2, -0.15) is 0 Å². The molecule has 0 N–H and O–H groups in total. The smallest absolute Gasteiger partial charge is 0.147 e. The van der Waals surface area contributed by atoms with Crippen LogP contribution in [0.15, 0.2) is 28.7 Å². The fourth-order valence-electron chi connectivity index (χ4n) is 1.13. The van der Waals surface area contributed by atoms with Crippen molar-refractivity contribution in [2.75, 3.05) is 13.4 Å². The molecule has 0 saturated heterocycles. The standard InChI is InChI=1S/C12H17BrO2/c1-2-3-8-14-10-15-9-11-6-4-5-7-12(11)13/h4-7H,2-3,8-10H2,1H3. The van der Waals surface area contributed by atoms with E-state index >= 15 is 0 Å². The molecule has 0 aromatic heterocycles. The summed E-state index contributed by atoms with van der Waals surface area (Å²) in [6.45, 7) is 3.90. The molecule has 0 aliphatic heterocycles. The Labute approximate surface area is 99.7 Å². The van der Waals surface area contributed by atoms with Gasteiger partial charge in [0.15, 0.2) is 0 Å². The van der Waals surface area contributed by atoms with Gasteiger partial charge in [0.05, 0.1) is 6.61 Å². The minimum atomic E-state index is 0.376. The number of halogens is 1. The van der Waals surface area contributed by atoms with Crippen LogP contribution in [-0.2, 0) is 16.1 Å². The molecule has 0 heterocycles. The first-order valence-corrected chi connectivity index (χ1v) is 6.02. The second kappa shape index (κ2) is 7.85. The monoisotopic (exact) mass is 272 g/mol. The highest BCUT2D eigenvalue weighted by atomic mass is 79.9. The molecule has 1 rings (SSSR count). The number of hydrogen-bond donors (Lipinski definition) is 0. The quantitative estimate of drug-likeness (QED) is 0.556. The summed E-state index contributed by atoms with van der Waals surface area (Å²) in [4.78, 5) is 0. The minimum Gasteiger partial charge on any atom is -0.355 e. The van der Waals surface area contributed by atoms with Crippen molar-refractivity contribution in [2.24, 2.45) is 0 Å². The average Bonchev–Trinajstić information content (AvgIpc) is 2.25. The molecule has 0 radical (unpaired) electrons. The number of benzene rings is 1. The molecule has 0 fully saturated rings. The van der Waals surface area contributed by atoms with Crippen LogP contribution in [0, 0.1) is 0 Å². The Morgan fingerprint density at radius 3 is 2.73 bits per heavy atom. The molecule has 0 atom stereocenters. The summed E-state index contributed by atoms with van der Waals surface area (Å²) in [6, 6.07) is 8.04. The van der Waals surface area contributed by atoms with Crippen LogP contribution < -0.4 is 0 Å². The van der Waals surface area contributed by atoms with Gasteiger partial charge in [-0.15, -0.1) is 0 Å². The number of ether oxygens (including phenoxy) is 2. The predicted octanol–water partition coefficient (Wildman–Crippen LogP) is 3.74. The molecule has 84 valence electrons. The molecular formula is C12H17BrO2. The first-order valence-electron chi connectivity index (χ1n) is 5.23. The maximum absolute atomic E-state index is 5.39. The lowest BCUT2D eigenvalue weighted by atomic mass is 10.2. The van der Waals surface area contributed by atoms with E-state index < -0.39 is 0 Å². The van der Waals surface area contributed by atoms with Gasteiger partial charge in [-0.3, -0.25) is 0 Å². The molecular weight excluding hydrogens is 256 g/mol. The second-order valence-electron chi connectivity index (χ2n) is 3.32. The van der Waals surface area contributed by atoms with Gasteiger partial charge in [0.1, 0.15) is 6.79 Å². The summed E-state index contributed by atoms with van der Waals surface area (Å²) in [5, 5.41) is 0. The van der Waals surface area contributed by atoms with Gasteiger partial charge in [-0.05, 0) is 18.1 Å². The molecule has 0 aliphatic carbocycles. The highest BCUT2D eigenvalue weighted by Crippen LogP contribution is 2.16. The Balaban J connectivity index is 2.12. The van der Waals surface area contributed by atoms with Crippen LogP contribution >= 0.6 is 15.9 Å². The third-order valence-electron chi connectivity index (χ3n) is 2.02. The minimum absolute atomic E-state index is 0.376. The average molecular weight is 273 g/mol. The number of hydrogen-bond acceptors (Lipinski definition) is 2. The predicted molar refractivity (Wildman–Crippen MR) is 64.7 cm³/mol. The van der Waals surface area contributed by atoms with Gasteiger partial charge in [0.25, 0.3) is 0 Å². The van der Waals surface area contributed by atoms with Crippen molar-refractivity contribution < 1.29 is 9.47 Å². The van der Waals surface area contributed by atoms with E-state index in [9.17, 15) is 0 Å². The Bertz CT molecular complexity index is 276. The van der Waals surface area contributed by atoms with E-state index in [0.717, 1.165) is 29.5 Å². The number of unbranched alkanes of at least 4 members (excludes halogenated alkanes) is 1. The Kier molecular flexibility index (Phi) is 6.64. The van der Waals surface area contributed by atoms with Gasteiger partial charge >= 0.3 is 0 Å². The Morgan fingerprint density at radius 1 is 1.20 bits per heavy atom. The molecule has 0 amide bonds. The first-order chi connectivity index (χ1) is 7.34. The van der Waals surface area contributed by atoms with E-state index in [1.165, 1.54) is 0 Å². The highest BCUT2D eigenvalue weighted by Gasteiger charge is 1.97. The van der Waals surface area contributed by atoms with Crippen molar-refractivity contribution in [2.45, 2.75) is 26.4 Å². The third kappa shape index (κ3) is 5.30. The van der Waals surface area contributed by atoms with Crippen LogP contribution in [0.1, 0.15) is 25.3 Å². The van der Waals surface area contributed by atoms with Crippen molar-refractivity contribution in [3.8, 4) is 0 Å².